The van der Waals surface area contributed by atoms with Crippen LogP contribution in [0.25, 0.3) is 0 Å². The first-order valence-electron chi connectivity index (χ1n) is 6.87. The Labute approximate surface area is 131 Å². The molecular weight excluding hydrogens is 303 g/mol. The molecule has 0 aromatic heterocycles. The van der Waals surface area contributed by atoms with E-state index in [0.717, 1.165) is 0 Å². The Hall–Kier alpha value is -1.68. The quantitative estimate of drug-likeness (QED) is 0.503. The molecule has 0 heterocycles. The van der Waals surface area contributed by atoms with Crippen LogP contribution in [0.15, 0.2) is 48.6 Å². The van der Waals surface area contributed by atoms with Crippen molar-refractivity contribution in [1.82, 2.24) is 0 Å². The van der Waals surface area contributed by atoms with E-state index < -0.39 is 13.1 Å². The minimum Gasteiger partial charge on any atom is -0.497 e. The molecule has 0 amide bonds. The summed E-state index contributed by atoms with van der Waals surface area (Å²) < 4.78 is 28.2. The summed E-state index contributed by atoms with van der Waals surface area (Å²) in [4.78, 5) is 12.5. The van der Waals surface area contributed by atoms with Crippen molar-refractivity contribution in [2.45, 2.75) is 13.8 Å². The van der Waals surface area contributed by atoms with E-state index in [2.05, 4.69) is 0 Å². The maximum Gasteiger partial charge on any atom is 0.402 e. The summed E-state index contributed by atoms with van der Waals surface area (Å²) in [5.74, 6) is 0.607. The van der Waals surface area contributed by atoms with E-state index in [1.54, 1.807) is 50.3 Å². The van der Waals surface area contributed by atoms with Crippen molar-refractivity contribution in [1.29, 1.82) is 0 Å². The summed E-state index contributed by atoms with van der Waals surface area (Å²) in [6, 6.07) is 6.31. The lowest BCUT2D eigenvalue weighted by Gasteiger charge is -2.16. The van der Waals surface area contributed by atoms with Crippen molar-refractivity contribution in [3.8, 4) is 5.75 Å². The molecule has 22 heavy (non-hydrogen) atoms. The third kappa shape index (κ3) is 5.26. The second kappa shape index (κ2) is 9.36. The third-order valence-corrected chi connectivity index (χ3v) is 4.47. The standard InChI is InChI=1S/C16H21O5P/c1-4-6-12-20-22(18,21-13-7-5-2)16(17)14-8-10-15(19-3)11-9-14/h4-11H,12-13H2,1-3H3. The molecule has 0 fully saturated rings. The van der Waals surface area contributed by atoms with E-state index in [0.29, 0.717) is 5.75 Å². The van der Waals surface area contributed by atoms with Gasteiger partial charge in [0.05, 0.1) is 20.3 Å². The maximum absolute atomic E-state index is 12.7. The van der Waals surface area contributed by atoms with Crippen LogP contribution in [0.4, 0.5) is 0 Å². The molecule has 1 aromatic rings. The molecule has 0 aliphatic heterocycles. The number of carbonyl (C=O) groups excluding carboxylic acids is 1. The van der Waals surface area contributed by atoms with E-state index >= 15 is 0 Å². The van der Waals surface area contributed by atoms with Crippen molar-refractivity contribution in [2.24, 2.45) is 0 Å². The number of carbonyl (C=O) groups is 1. The molecule has 0 spiro atoms. The summed E-state index contributed by atoms with van der Waals surface area (Å²) >= 11 is 0. The average Bonchev–Trinajstić information content (AvgIpc) is 2.55. The Bertz CT molecular complexity index is 555. The molecule has 0 saturated heterocycles. The molecule has 6 heteroatoms. The van der Waals surface area contributed by atoms with Gasteiger partial charge in [-0.15, -0.1) is 0 Å². The average molecular weight is 324 g/mol. The van der Waals surface area contributed by atoms with Crippen molar-refractivity contribution < 1.29 is 23.1 Å². The highest BCUT2D eigenvalue weighted by molar-refractivity contribution is 7.72. The first-order chi connectivity index (χ1) is 10.6. The van der Waals surface area contributed by atoms with Crippen LogP contribution in [0.5, 0.6) is 5.75 Å². The summed E-state index contributed by atoms with van der Waals surface area (Å²) in [6.45, 7) is 3.71. The monoisotopic (exact) mass is 324 g/mol. The zero-order valence-corrected chi connectivity index (χ0v) is 13.9. The van der Waals surface area contributed by atoms with Crippen LogP contribution in [-0.4, -0.2) is 25.8 Å². The highest BCUT2D eigenvalue weighted by Crippen LogP contribution is 2.51. The van der Waals surface area contributed by atoms with Gasteiger partial charge in [0.2, 0.25) is 0 Å². The fraction of sp³-hybridized carbons (Fsp3) is 0.312. The molecule has 0 unspecified atom stereocenters. The Morgan fingerprint density at radius 3 is 1.95 bits per heavy atom. The van der Waals surface area contributed by atoms with Gasteiger partial charge in [-0.1, -0.05) is 24.3 Å². The van der Waals surface area contributed by atoms with E-state index in [4.69, 9.17) is 13.8 Å². The number of benzene rings is 1. The number of ether oxygens (including phenoxy) is 1. The lowest BCUT2D eigenvalue weighted by Crippen LogP contribution is -2.08. The van der Waals surface area contributed by atoms with Crippen LogP contribution in [0.2, 0.25) is 0 Å². The SMILES string of the molecule is CC=CCOP(=O)(OCC=CC)C(=O)c1ccc(OC)cc1. The van der Waals surface area contributed by atoms with Gasteiger partial charge in [-0.25, -0.2) is 0 Å². The Kier molecular flexibility index (Phi) is 7.82. The van der Waals surface area contributed by atoms with Crippen LogP contribution in [0.1, 0.15) is 24.2 Å². The summed E-state index contributed by atoms with van der Waals surface area (Å²) in [6.07, 6.45) is 6.81. The minimum atomic E-state index is -3.90. The van der Waals surface area contributed by atoms with Gasteiger partial charge in [-0.2, -0.15) is 0 Å². The van der Waals surface area contributed by atoms with Crippen molar-refractivity contribution in [3.05, 3.63) is 54.1 Å². The molecule has 0 saturated carbocycles. The zero-order valence-electron chi connectivity index (χ0n) is 13.0. The first-order valence-corrected chi connectivity index (χ1v) is 8.42. The third-order valence-electron chi connectivity index (χ3n) is 2.74. The van der Waals surface area contributed by atoms with Gasteiger partial charge >= 0.3 is 7.60 Å². The molecule has 5 nitrogen and oxygen atoms in total. The van der Waals surface area contributed by atoms with Gasteiger partial charge < -0.3 is 4.74 Å². The fourth-order valence-corrected chi connectivity index (χ4v) is 2.86. The minimum absolute atomic E-state index is 0.0471. The van der Waals surface area contributed by atoms with Crippen LogP contribution < -0.4 is 4.74 Å². The largest absolute Gasteiger partial charge is 0.497 e. The van der Waals surface area contributed by atoms with Gasteiger partial charge in [0, 0.05) is 5.56 Å². The van der Waals surface area contributed by atoms with Crippen molar-refractivity contribution in [3.63, 3.8) is 0 Å². The maximum atomic E-state index is 12.7. The predicted molar refractivity (Wildman–Crippen MR) is 86.5 cm³/mol. The van der Waals surface area contributed by atoms with E-state index in [9.17, 15) is 9.36 Å². The van der Waals surface area contributed by atoms with E-state index in [-0.39, 0.29) is 18.8 Å². The van der Waals surface area contributed by atoms with Gasteiger partial charge in [-0.05, 0) is 38.1 Å². The van der Waals surface area contributed by atoms with Gasteiger partial charge in [0.25, 0.3) is 5.52 Å². The Morgan fingerprint density at radius 2 is 1.55 bits per heavy atom. The van der Waals surface area contributed by atoms with Gasteiger partial charge in [0.15, 0.2) is 0 Å². The van der Waals surface area contributed by atoms with Crippen LogP contribution >= 0.6 is 7.60 Å². The van der Waals surface area contributed by atoms with Crippen LogP contribution in [0, 0.1) is 0 Å². The van der Waals surface area contributed by atoms with E-state index in [1.807, 2.05) is 0 Å². The normalized spacial score (nSPS) is 14.3. The molecule has 0 radical (unpaired) electrons. The molecule has 120 valence electrons. The number of methoxy groups -OCH3 is 1. The number of hydrogen-bond acceptors (Lipinski definition) is 5. The fourth-order valence-electron chi connectivity index (χ4n) is 1.52. The molecule has 1 rings (SSSR count). The highest BCUT2D eigenvalue weighted by Gasteiger charge is 2.35. The second-order valence-corrected chi connectivity index (χ2v) is 6.18. The highest BCUT2D eigenvalue weighted by atomic mass is 31.2. The lowest BCUT2D eigenvalue weighted by atomic mass is 10.2. The molecule has 0 N–H and O–H groups in total. The topological polar surface area (TPSA) is 61.8 Å². The molecule has 1 aromatic carbocycles. The van der Waals surface area contributed by atoms with Crippen molar-refractivity contribution in [2.75, 3.05) is 20.3 Å². The zero-order chi connectivity index (χ0) is 16.4. The van der Waals surface area contributed by atoms with E-state index in [1.165, 1.54) is 19.2 Å². The van der Waals surface area contributed by atoms with Gasteiger partial charge in [-0.3, -0.25) is 18.4 Å². The Balaban J connectivity index is 2.96. The number of hydrogen-bond donors (Lipinski definition) is 0. The molecule has 0 bridgehead atoms. The van der Waals surface area contributed by atoms with Crippen LogP contribution in [-0.2, 0) is 13.6 Å². The predicted octanol–water partition coefficient (Wildman–Crippen LogP) is 4.21. The summed E-state index contributed by atoms with van der Waals surface area (Å²) in [5, 5.41) is 0. The molecule has 0 atom stereocenters. The first kappa shape index (κ1) is 18.4. The molecule has 0 aliphatic rings. The van der Waals surface area contributed by atoms with Gasteiger partial charge in [0.1, 0.15) is 5.75 Å². The molecular formula is C16H21O5P. The summed E-state index contributed by atoms with van der Waals surface area (Å²) in [7, 11) is -2.37. The number of allylic oxidation sites excluding steroid dienone is 2. The smallest absolute Gasteiger partial charge is 0.402 e. The molecule has 0 aliphatic carbocycles. The van der Waals surface area contributed by atoms with Crippen molar-refractivity contribution >= 4 is 13.1 Å². The lowest BCUT2D eigenvalue weighted by molar-refractivity contribution is 0.101. The Morgan fingerprint density at radius 1 is 1.05 bits per heavy atom. The van der Waals surface area contributed by atoms with Crippen LogP contribution in [0.3, 0.4) is 0 Å². The number of rotatable bonds is 9. The second-order valence-electron chi connectivity index (χ2n) is 4.26. The summed E-state index contributed by atoms with van der Waals surface area (Å²) in [5.41, 5.74) is -0.408.